The molecule has 2 aromatic rings. The number of aromatic nitrogens is 2. The molecule has 0 bridgehead atoms. The van der Waals surface area contributed by atoms with Gasteiger partial charge in [-0.3, -0.25) is 4.99 Å². The van der Waals surface area contributed by atoms with Crippen LogP contribution in [0.2, 0.25) is 0 Å². The number of halogens is 1. The molecule has 1 aromatic carbocycles. The predicted molar refractivity (Wildman–Crippen MR) is 130 cm³/mol. The van der Waals surface area contributed by atoms with Crippen LogP contribution in [0.4, 0.5) is 16.0 Å². The monoisotopic (exact) mass is 461 g/mol. The molecule has 0 radical (unpaired) electrons. The number of hydrogen-bond donors (Lipinski definition) is 1. The second-order valence-corrected chi connectivity index (χ2v) is 9.53. The topological polar surface area (TPSA) is 71.9 Å². The maximum Gasteiger partial charge on any atom is 0.326 e. The van der Waals surface area contributed by atoms with Gasteiger partial charge < -0.3 is 19.7 Å². The van der Waals surface area contributed by atoms with E-state index in [0.717, 1.165) is 49.4 Å². The highest BCUT2D eigenvalue weighted by Crippen LogP contribution is 2.38. The summed E-state index contributed by atoms with van der Waals surface area (Å²) in [5.41, 5.74) is 4.07. The van der Waals surface area contributed by atoms with Crippen molar-refractivity contribution in [2.75, 3.05) is 37.0 Å². The molecule has 8 heteroatoms. The van der Waals surface area contributed by atoms with Crippen LogP contribution < -0.4 is 15.0 Å². The van der Waals surface area contributed by atoms with Crippen LogP contribution in [0.5, 0.6) is 11.8 Å². The summed E-state index contributed by atoms with van der Waals surface area (Å²) < 4.78 is 26.6. The Kier molecular flexibility index (Phi) is 5.32. The summed E-state index contributed by atoms with van der Waals surface area (Å²) in [7, 11) is 1.73. The van der Waals surface area contributed by atoms with Gasteiger partial charge >= 0.3 is 6.01 Å². The Morgan fingerprint density at radius 3 is 2.82 bits per heavy atom. The number of rotatable bonds is 6. The van der Waals surface area contributed by atoms with Gasteiger partial charge in [0, 0.05) is 31.8 Å². The fraction of sp³-hybridized carbons (Fsp3) is 0.423. The van der Waals surface area contributed by atoms with Gasteiger partial charge in [0.05, 0.1) is 12.6 Å². The molecule has 2 aliphatic heterocycles. The van der Waals surface area contributed by atoms with Gasteiger partial charge in [0.15, 0.2) is 11.6 Å². The molecule has 6 rings (SSSR count). The molecule has 0 amide bonds. The van der Waals surface area contributed by atoms with Crippen LogP contribution in [0.1, 0.15) is 37.3 Å². The van der Waals surface area contributed by atoms with Gasteiger partial charge in [-0.2, -0.15) is 9.97 Å². The quantitative estimate of drug-likeness (QED) is 0.669. The molecule has 3 heterocycles. The lowest BCUT2D eigenvalue weighted by Gasteiger charge is -2.19. The molecule has 1 aromatic heterocycles. The summed E-state index contributed by atoms with van der Waals surface area (Å²) in [6, 6.07) is 5.56. The van der Waals surface area contributed by atoms with E-state index >= 15 is 4.39 Å². The van der Waals surface area contributed by atoms with Gasteiger partial charge in [0.2, 0.25) is 0 Å². The van der Waals surface area contributed by atoms with E-state index in [4.69, 9.17) is 9.47 Å². The zero-order chi connectivity index (χ0) is 23.2. The molecular formula is C26H28FN5O2. The molecule has 4 aliphatic rings. The molecule has 1 saturated carbocycles. The Labute approximate surface area is 198 Å². The third-order valence-corrected chi connectivity index (χ3v) is 6.90. The van der Waals surface area contributed by atoms with Crippen LogP contribution in [0.3, 0.4) is 0 Å². The van der Waals surface area contributed by atoms with E-state index in [1.165, 1.54) is 18.4 Å². The summed E-state index contributed by atoms with van der Waals surface area (Å²) in [4.78, 5) is 15.9. The van der Waals surface area contributed by atoms with Gasteiger partial charge in [-0.25, -0.2) is 4.39 Å². The molecule has 1 N–H and O–H groups in total. The summed E-state index contributed by atoms with van der Waals surface area (Å²) >= 11 is 0. The molecule has 1 unspecified atom stereocenters. The summed E-state index contributed by atoms with van der Waals surface area (Å²) in [5, 5.41) is 3.31. The van der Waals surface area contributed by atoms with Crippen LogP contribution in [0.15, 0.2) is 40.4 Å². The highest BCUT2D eigenvalue weighted by Gasteiger charge is 2.29. The lowest BCUT2D eigenvalue weighted by molar-refractivity contribution is 0.121. The van der Waals surface area contributed by atoms with Crippen LogP contribution >= 0.6 is 0 Å². The summed E-state index contributed by atoms with van der Waals surface area (Å²) in [6.45, 7) is 4.29. The second kappa shape index (κ2) is 8.51. The zero-order valence-electron chi connectivity index (χ0n) is 19.5. The number of amidine groups is 1. The highest BCUT2D eigenvalue weighted by molar-refractivity contribution is 6.05. The maximum atomic E-state index is 15.2. The van der Waals surface area contributed by atoms with Crippen molar-refractivity contribution >= 4 is 23.5 Å². The van der Waals surface area contributed by atoms with Crippen LogP contribution in [-0.2, 0) is 11.2 Å². The predicted octanol–water partition coefficient (Wildman–Crippen LogP) is 4.75. The number of nitrogens with one attached hydrogen (secondary N) is 1. The highest BCUT2D eigenvalue weighted by atomic mass is 19.1. The van der Waals surface area contributed by atoms with E-state index in [1.807, 2.05) is 25.1 Å². The number of benzene rings is 1. The molecular weight excluding hydrogens is 433 g/mol. The molecule has 2 fully saturated rings. The van der Waals surface area contributed by atoms with E-state index in [0.29, 0.717) is 23.1 Å². The third-order valence-electron chi connectivity index (χ3n) is 6.90. The minimum absolute atomic E-state index is 0.100. The van der Waals surface area contributed by atoms with Gasteiger partial charge in [-0.1, -0.05) is 17.7 Å². The largest absolute Gasteiger partial charge is 0.421 e. The lowest BCUT2D eigenvalue weighted by atomic mass is 10.1. The van der Waals surface area contributed by atoms with E-state index in [-0.39, 0.29) is 23.7 Å². The van der Waals surface area contributed by atoms with Gasteiger partial charge in [0.1, 0.15) is 17.5 Å². The Morgan fingerprint density at radius 1 is 1.15 bits per heavy atom. The first-order valence-corrected chi connectivity index (χ1v) is 11.9. The molecule has 176 valence electrons. The van der Waals surface area contributed by atoms with Gasteiger partial charge in [-0.15, -0.1) is 0 Å². The lowest BCUT2D eigenvalue weighted by Crippen LogP contribution is -2.23. The van der Waals surface area contributed by atoms with Crippen LogP contribution in [-0.4, -0.2) is 48.7 Å². The molecule has 1 saturated heterocycles. The van der Waals surface area contributed by atoms with Crippen molar-refractivity contribution in [3.8, 4) is 11.8 Å². The number of hydrogen-bond acceptors (Lipinski definition) is 7. The third kappa shape index (κ3) is 4.18. The SMILES string of the molecule is COC1CCN(c2cc(NC3=NCC(C4CC4)=C3)nc(Oc3ccc4c(c3F)C=C(C)C4)n2)C1. The Morgan fingerprint density at radius 2 is 2.03 bits per heavy atom. The van der Waals surface area contributed by atoms with Crippen LogP contribution in [0.25, 0.3) is 6.08 Å². The number of nitrogens with zero attached hydrogens (tertiary/aromatic N) is 4. The smallest absolute Gasteiger partial charge is 0.326 e. The Hall–Kier alpha value is -3.26. The molecule has 0 spiro atoms. The number of ether oxygens (including phenoxy) is 2. The first-order chi connectivity index (χ1) is 16.6. The summed E-state index contributed by atoms with van der Waals surface area (Å²) in [5.74, 6) is 2.50. The average Bonchev–Trinajstić information content (AvgIpc) is 3.20. The molecule has 1 atom stereocenters. The van der Waals surface area contributed by atoms with Crippen molar-refractivity contribution in [2.45, 2.75) is 38.7 Å². The fourth-order valence-corrected chi connectivity index (χ4v) is 4.86. The van der Waals surface area contributed by atoms with Gasteiger partial charge in [0.25, 0.3) is 0 Å². The number of methoxy groups -OCH3 is 1. The number of fused-ring (bicyclic) bond motifs is 1. The Balaban J connectivity index is 1.30. The van der Waals surface area contributed by atoms with E-state index in [9.17, 15) is 0 Å². The average molecular weight is 462 g/mol. The van der Waals surface area contributed by atoms with Crippen LogP contribution in [0, 0.1) is 11.7 Å². The Bertz CT molecular complexity index is 1230. The zero-order valence-corrected chi connectivity index (χ0v) is 19.5. The van der Waals surface area contributed by atoms with Crippen molar-refractivity contribution < 1.29 is 13.9 Å². The fourth-order valence-electron chi connectivity index (χ4n) is 4.86. The minimum atomic E-state index is -0.379. The van der Waals surface area contributed by atoms with E-state index < -0.39 is 0 Å². The standard InChI is InChI=1S/C26H28FN5O2/c1-15-9-17-5-6-21(25(27)20(17)10-15)34-26-30-23(29-22-11-18(13-28-22)16-3-4-16)12-24(31-26)32-8-7-19(14-32)33-2/h5-6,10-12,16,19H,3-4,7-9,13-14H2,1-2H3,(H,28,29,30,31). The molecule has 34 heavy (non-hydrogen) atoms. The number of aliphatic imine (C=N–C) groups is 1. The minimum Gasteiger partial charge on any atom is -0.421 e. The second-order valence-electron chi connectivity index (χ2n) is 9.53. The normalized spacial score (nSPS) is 21.3. The van der Waals surface area contributed by atoms with Crippen molar-refractivity contribution in [1.29, 1.82) is 0 Å². The van der Waals surface area contributed by atoms with E-state index in [2.05, 4.69) is 31.3 Å². The van der Waals surface area contributed by atoms with Gasteiger partial charge in [-0.05, 0) is 61.8 Å². The van der Waals surface area contributed by atoms with E-state index in [1.54, 1.807) is 13.2 Å². The van der Waals surface area contributed by atoms with Crippen molar-refractivity contribution in [1.82, 2.24) is 9.97 Å². The van der Waals surface area contributed by atoms with Crippen molar-refractivity contribution in [3.05, 3.63) is 52.4 Å². The number of allylic oxidation sites excluding steroid dienone is 1. The van der Waals surface area contributed by atoms with Crippen molar-refractivity contribution in [2.24, 2.45) is 10.9 Å². The summed E-state index contributed by atoms with van der Waals surface area (Å²) in [6.07, 6.45) is 8.33. The van der Waals surface area contributed by atoms with Crippen molar-refractivity contribution in [3.63, 3.8) is 0 Å². The molecule has 7 nitrogen and oxygen atoms in total. The maximum absolute atomic E-state index is 15.2. The first kappa shape index (κ1) is 21.3. The molecule has 2 aliphatic carbocycles. The number of anilines is 2. The first-order valence-electron chi connectivity index (χ1n) is 11.9.